The van der Waals surface area contributed by atoms with E-state index in [1.54, 1.807) is 24.3 Å². The van der Waals surface area contributed by atoms with Gasteiger partial charge in [0.25, 0.3) is 0 Å². The van der Waals surface area contributed by atoms with Gasteiger partial charge in [-0.1, -0.05) is 25.3 Å². The number of nitrogen functional groups attached to an aromatic ring is 1. The number of benzene rings is 1. The molecule has 0 amide bonds. The Kier molecular flexibility index (Phi) is 4.81. The summed E-state index contributed by atoms with van der Waals surface area (Å²) in [6, 6.07) is 4.73. The fraction of sp³-hybridized carbons (Fsp3) is 0.154. The van der Waals surface area contributed by atoms with Gasteiger partial charge in [0.1, 0.15) is 19.0 Å². The fourth-order valence-electron chi connectivity index (χ4n) is 1.15. The van der Waals surface area contributed by atoms with Crippen LogP contribution in [0.1, 0.15) is 10.4 Å². The highest BCUT2D eigenvalue weighted by Crippen LogP contribution is 2.23. The van der Waals surface area contributed by atoms with E-state index in [0.29, 0.717) is 23.6 Å². The minimum absolute atomic E-state index is 0.173. The van der Waals surface area contributed by atoms with Crippen molar-refractivity contribution in [1.82, 2.24) is 0 Å². The van der Waals surface area contributed by atoms with Crippen LogP contribution in [0.4, 0.5) is 5.69 Å². The van der Waals surface area contributed by atoms with Crippen molar-refractivity contribution in [2.45, 2.75) is 0 Å². The van der Waals surface area contributed by atoms with Crippen LogP contribution in [0.25, 0.3) is 0 Å². The van der Waals surface area contributed by atoms with E-state index in [2.05, 4.69) is 13.2 Å². The van der Waals surface area contributed by atoms with Gasteiger partial charge in [0, 0.05) is 0 Å². The molecule has 90 valence electrons. The van der Waals surface area contributed by atoms with Crippen molar-refractivity contribution in [2.24, 2.45) is 0 Å². The molecular weight excluding hydrogens is 218 g/mol. The van der Waals surface area contributed by atoms with Crippen LogP contribution in [0.15, 0.2) is 43.5 Å². The maximum Gasteiger partial charge on any atom is 0.338 e. The van der Waals surface area contributed by atoms with Crippen molar-refractivity contribution >= 4 is 11.7 Å². The molecule has 0 aliphatic carbocycles. The molecule has 0 aromatic heterocycles. The average molecular weight is 233 g/mol. The van der Waals surface area contributed by atoms with Crippen molar-refractivity contribution in [1.29, 1.82) is 0 Å². The van der Waals surface area contributed by atoms with Crippen LogP contribution in [0.3, 0.4) is 0 Å². The lowest BCUT2D eigenvalue weighted by Crippen LogP contribution is -2.06. The Morgan fingerprint density at radius 3 is 2.65 bits per heavy atom. The third kappa shape index (κ3) is 3.68. The molecule has 0 saturated carbocycles. The number of hydrogen-bond acceptors (Lipinski definition) is 4. The Labute approximate surface area is 100 Å². The maximum atomic E-state index is 11.6. The van der Waals surface area contributed by atoms with Gasteiger partial charge in [0.15, 0.2) is 0 Å². The minimum Gasteiger partial charge on any atom is -0.487 e. The Balaban J connectivity index is 2.83. The zero-order valence-electron chi connectivity index (χ0n) is 9.52. The highest BCUT2D eigenvalue weighted by molar-refractivity contribution is 5.90. The molecule has 0 fully saturated rings. The van der Waals surface area contributed by atoms with Crippen LogP contribution in [0.2, 0.25) is 0 Å². The third-order valence-corrected chi connectivity index (χ3v) is 1.94. The predicted molar refractivity (Wildman–Crippen MR) is 67.0 cm³/mol. The van der Waals surface area contributed by atoms with Crippen molar-refractivity contribution in [3.8, 4) is 5.75 Å². The summed E-state index contributed by atoms with van der Waals surface area (Å²) in [5.74, 6) is 0.00584. The first-order valence-electron chi connectivity index (χ1n) is 5.10. The molecule has 1 aromatic carbocycles. The fourth-order valence-corrected chi connectivity index (χ4v) is 1.15. The van der Waals surface area contributed by atoms with Gasteiger partial charge in [-0.05, 0) is 18.2 Å². The molecule has 4 heteroatoms. The molecule has 1 rings (SSSR count). The highest BCUT2D eigenvalue weighted by atomic mass is 16.5. The Morgan fingerprint density at radius 1 is 1.29 bits per heavy atom. The summed E-state index contributed by atoms with van der Waals surface area (Å²) in [6.45, 7) is 7.50. The van der Waals surface area contributed by atoms with Gasteiger partial charge in [-0.3, -0.25) is 0 Å². The molecule has 0 unspecified atom stereocenters. The molecule has 0 saturated heterocycles. The lowest BCUT2D eigenvalue weighted by molar-refractivity contribution is 0.0549. The van der Waals surface area contributed by atoms with Crippen LogP contribution < -0.4 is 10.5 Å². The summed E-state index contributed by atoms with van der Waals surface area (Å²) in [6.07, 6.45) is 3.10. The average Bonchev–Trinajstić information content (AvgIpc) is 2.35. The van der Waals surface area contributed by atoms with Crippen LogP contribution in [-0.2, 0) is 4.74 Å². The van der Waals surface area contributed by atoms with E-state index in [1.807, 2.05) is 0 Å². The number of ether oxygens (including phenoxy) is 2. The SMILES string of the molecule is C=CCOC(=O)c1ccc(N)c(OCC=C)c1. The topological polar surface area (TPSA) is 61.5 Å². The number of anilines is 1. The Bertz CT molecular complexity index is 427. The number of carbonyl (C=O) groups excluding carboxylic acids is 1. The monoisotopic (exact) mass is 233 g/mol. The van der Waals surface area contributed by atoms with E-state index in [9.17, 15) is 4.79 Å². The number of hydrogen-bond donors (Lipinski definition) is 1. The summed E-state index contributed by atoms with van der Waals surface area (Å²) in [5.41, 5.74) is 6.56. The van der Waals surface area contributed by atoms with E-state index in [1.165, 1.54) is 6.08 Å². The van der Waals surface area contributed by atoms with Crippen LogP contribution in [0, 0.1) is 0 Å². The zero-order chi connectivity index (χ0) is 12.7. The molecule has 17 heavy (non-hydrogen) atoms. The zero-order valence-corrected chi connectivity index (χ0v) is 9.52. The number of esters is 1. The standard InChI is InChI=1S/C13H15NO3/c1-3-7-16-12-9-10(5-6-11(12)14)13(15)17-8-4-2/h3-6,9H,1-2,7-8,14H2. The van der Waals surface area contributed by atoms with E-state index in [0.717, 1.165) is 0 Å². The normalized spacial score (nSPS) is 9.41. The summed E-state index contributed by atoms with van der Waals surface area (Å²) < 4.78 is 10.2. The first kappa shape index (κ1) is 12.8. The lowest BCUT2D eigenvalue weighted by Gasteiger charge is -2.08. The molecule has 0 spiro atoms. The maximum absolute atomic E-state index is 11.6. The summed E-state index contributed by atoms with van der Waals surface area (Å²) in [7, 11) is 0. The van der Waals surface area contributed by atoms with Crippen molar-refractivity contribution in [2.75, 3.05) is 18.9 Å². The Morgan fingerprint density at radius 2 is 2.00 bits per heavy atom. The molecule has 0 aliphatic rings. The van der Waals surface area contributed by atoms with Crippen LogP contribution in [0.5, 0.6) is 5.75 Å². The van der Waals surface area contributed by atoms with Gasteiger partial charge in [-0.15, -0.1) is 0 Å². The molecule has 0 heterocycles. The van der Waals surface area contributed by atoms with Gasteiger partial charge in [0.2, 0.25) is 0 Å². The molecule has 0 aliphatic heterocycles. The predicted octanol–water partition coefficient (Wildman–Crippen LogP) is 2.18. The van der Waals surface area contributed by atoms with Crippen molar-refractivity contribution in [3.63, 3.8) is 0 Å². The van der Waals surface area contributed by atoms with Gasteiger partial charge >= 0.3 is 5.97 Å². The number of nitrogens with two attached hydrogens (primary N) is 1. The first-order valence-corrected chi connectivity index (χ1v) is 5.10. The number of carbonyl (C=O) groups is 1. The second-order valence-corrected chi connectivity index (χ2v) is 3.24. The van der Waals surface area contributed by atoms with E-state index >= 15 is 0 Å². The third-order valence-electron chi connectivity index (χ3n) is 1.94. The molecule has 0 radical (unpaired) electrons. The Hall–Kier alpha value is -2.23. The van der Waals surface area contributed by atoms with Crippen molar-refractivity contribution < 1.29 is 14.3 Å². The minimum atomic E-state index is -0.437. The lowest BCUT2D eigenvalue weighted by atomic mass is 10.2. The van der Waals surface area contributed by atoms with Crippen molar-refractivity contribution in [3.05, 3.63) is 49.1 Å². The smallest absolute Gasteiger partial charge is 0.338 e. The van der Waals surface area contributed by atoms with E-state index < -0.39 is 5.97 Å². The van der Waals surface area contributed by atoms with Gasteiger partial charge < -0.3 is 15.2 Å². The van der Waals surface area contributed by atoms with Gasteiger partial charge in [-0.2, -0.15) is 0 Å². The molecule has 1 aromatic rings. The molecular formula is C13H15NO3. The summed E-state index contributed by atoms with van der Waals surface area (Å²) >= 11 is 0. The van der Waals surface area contributed by atoms with Gasteiger partial charge in [0.05, 0.1) is 11.3 Å². The second-order valence-electron chi connectivity index (χ2n) is 3.24. The first-order chi connectivity index (χ1) is 8.19. The highest BCUT2D eigenvalue weighted by Gasteiger charge is 2.09. The molecule has 2 N–H and O–H groups in total. The van der Waals surface area contributed by atoms with Crippen LogP contribution in [-0.4, -0.2) is 19.2 Å². The van der Waals surface area contributed by atoms with E-state index in [-0.39, 0.29) is 6.61 Å². The molecule has 0 bridgehead atoms. The van der Waals surface area contributed by atoms with Crippen LogP contribution >= 0.6 is 0 Å². The molecule has 0 atom stereocenters. The molecule has 4 nitrogen and oxygen atoms in total. The largest absolute Gasteiger partial charge is 0.487 e. The summed E-state index contributed by atoms with van der Waals surface area (Å²) in [5, 5.41) is 0. The van der Waals surface area contributed by atoms with E-state index in [4.69, 9.17) is 15.2 Å². The number of rotatable bonds is 6. The second kappa shape index (κ2) is 6.37. The van der Waals surface area contributed by atoms with Gasteiger partial charge in [-0.25, -0.2) is 4.79 Å². The summed E-state index contributed by atoms with van der Waals surface area (Å²) in [4.78, 5) is 11.6. The quantitative estimate of drug-likeness (QED) is 0.464.